The number of anilines is 2. The second kappa shape index (κ2) is 11.8. The summed E-state index contributed by atoms with van der Waals surface area (Å²) in [5, 5.41) is 26.4. The first-order valence-corrected chi connectivity index (χ1v) is 15.3. The Bertz CT molecular complexity index is 1670. The minimum atomic E-state index is -1.68. The Morgan fingerprint density at radius 1 is 0.773 bits per heavy atom. The molecule has 2 heterocycles. The van der Waals surface area contributed by atoms with Crippen molar-refractivity contribution in [3.63, 3.8) is 0 Å². The fraction of sp³-hybridized carbons (Fsp3) is 0.257. The minimum Gasteiger partial charge on any atom is -0.456 e. The zero-order valence-corrected chi connectivity index (χ0v) is 25.6. The van der Waals surface area contributed by atoms with Crippen molar-refractivity contribution in [1.29, 1.82) is 0 Å². The van der Waals surface area contributed by atoms with E-state index in [0.717, 1.165) is 54.2 Å². The maximum atomic E-state index is 14.3. The number of rotatable bonds is 9. The van der Waals surface area contributed by atoms with Crippen LogP contribution in [-0.4, -0.2) is 60.5 Å². The Balaban J connectivity index is 1.64. The Kier molecular flexibility index (Phi) is 7.92. The molecule has 0 saturated carbocycles. The van der Waals surface area contributed by atoms with Crippen LogP contribution in [0.3, 0.4) is 0 Å². The Morgan fingerprint density at radius 3 is 1.89 bits per heavy atom. The van der Waals surface area contributed by atoms with Crippen molar-refractivity contribution in [3.8, 4) is 11.5 Å². The van der Waals surface area contributed by atoms with E-state index in [2.05, 4.69) is 61.8 Å². The summed E-state index contributed by atoms with van der Waals surface area (Å²) in [5.41, 5.74) is 4.73. The van der Waals surface area contributed by atoms with Crippen LogP contribution in [0.15, 0.2) is 90.0 Å². The molecule has 2 aliphatic heterocycles. The summed E-state index contributed by atoms with van der Waals surface area (Å²) >= 11 is 0. The highest BCUT2D eigenvalue weighted by Crippen LogP contribution is 2.58. The third-order valence-corrected chi connectivity index (χ3v) is 8.83. The van der Waals surface area contributed by atoms with Gasteiger partial charge in [-0.25, -0.2) is 5.01 Å². The van der Waals surface area contributed by atoms with Gasteiger partial charge in [0.25, 0.3) is 5.91 Å². The fourth-order valence-corrected chi connectivity index (χ4v) is 6.63. The van der Waals surface area contributed by atoms with Gasteiger partial charge in [-0.1, -0.05) is 54.6 Å². The molecular formula is C35H37BN4O4. The lowest BCUT2D eigenvalue weighted by Crippen LogP contribution is -2.44. The number of carbonyl (C=O) groups excluding carboxylic acids is 1. The summed E-state index contributed by atoms with van der Waals surface area (Å²) in [6.45, 7) is 11.9. The molecule has 0 atom stereocenters. The Morgan fingerprint density at radius 2 is 1.32 bits per heavy atom. The van der Waals surface area contributed by atoms with Gasteiger partial charge >= 0.3 is 7.12 Å². The van der Waals surface area contributed by atoms with Gasteiger partial charge in [-0.05, 0) is 56.9 Å². The first kappa shape index (κ1) is 29.5. The quantitative estimate of drug-likeness (QED) is 0.213. The molecule has 6 rings (SSSR count). The molecule has 44 heavy (non-hydrogen) atoms. The minimum absolute atomic E-state index is 0.252. The van der Waals surface area contributed by atoms with Gasteiger partial charge in [0.05, 0.1) is 6.21 Å². The van der Waals surface area contributed by atoms with Crippen LogP contribution in [0.4, 0.5) is 11.4 Å². The van der Waals surface area contributed by atoms with Crippen LogP contribution < -0.4 is 20.0 Å². The summed E-state index contributed by atoms with van der Waals surface area (Å²) in [5.74, 6) is 1.07. The molecule has 0 unspecified atom stereocenters. The van der Waals surface area contributed by atoms with E-state index in [0.29, 0.717) is 28.1 Å². The zero-order chi connectivity index (χ0) is 31.0. The molecule has 1 amide bonds. The number of amides is 1. The number of fused-ring (bicyclic) bond motifs is 6. The summed E-state index contributed by atoms with van der Waals surface area (Å²) in [6, 6.07) is 26.9. The van der Waals surface area contributed by atoms with Crippen molar-refractivity contribution in [2.75, 3.05) is 36.0 Å². The Labute approximate surface area is 259 Å². The largest absolute Gasteiger partial charge is 0.489 e. The maximum absolute atomic E-state index is 14.3. The molecule has 0 aromatic heterocycles. The highest BCUT2D eigenvalue weighted by molar-refractivity contribution is 6.60. The van der Waals surface area contributed by atoms with E-state index in [1.807, 2.05) is 36.4 Å². The lowest BCUT2D eigenvalue weighted by Gasteiger charge is -2.42. The van der Waals surface area contributed by atoms with E-state index in [-0.39, 0.29) is 5.91 Å². The van der Waals surface area contributed by atoms with Gasteiger partial charge in [-0.15, -0.1) is 0 Å². The summed E-state index contributed by atoms with van der Waals surface area (Å²) in [4.78, 5) is 18.8. The third kappa shape index (κ3) is 4.55. The van der Waals surface area contributed by atoms with Crippen molar-refractivity contribution >= 4 is 36.1 Å². The van der Waals surface area contributed by atoms with Gasteiger partial charge in [0, 0.05) is 71.9 Å². The average Bonchev–Trinajstić information content (AvgIpc) is 3.29. The van der Waals surface area contributed by atoms with E-state index >= 15 is 0 Å². The summed E-state index contributed by atoms with van der Waals surface area (Å²) in [6.07, 6.45) is 1.53. The van der Waals surface area contributed by atoms with Crippen LogP contribution in [0.5, 0.6) is 11.5 Å². The SMILES string of the molecule is CCN(CC)c1ccc2c(c1)Oc1cc(N(CC)CC)ccc1C21c2ccccc2C(=O)N1/N=C/c1ccccc1B(O)O. The normalized spacial score (nSPS) is 14.3. The number of benzene rings is 4. The van der Waals surface area contributed by atoms with E-state index in [9.17, 15) is 14.8 Å². The number of hydrogen-bond donors (Lipinski definition) is 2. The number of hydrazone groups is 1. The van der Waals surface area contributed by atoms with Crippen LogP contribution in [0.1, 0.15) is 60.3 Å². The molecule has 2 N–H and O–H groups in total. The molecular weight excluding hydrogens is 551 g/mol. The van der Waals surface area contributed by atoms with Gasteiger partial charge in [0.1, 0.15) is 17.0 Å². The number of carbonyl (C=O) groups is 1. The number of ether oxygens (including phenoxy) is 1. The van der Waals surface area contributed by atoms with Crippen LogP contribution in [0.2, 0.25) is 0 Å². The van der Waals surface area contributed by atoms with E-state index < -0.39 is 12.7 Å². The topological polar surface area (TPSA) is 88.8 Å². The van der Waals surface area contributed by atoms with Gasteiger partial charge in [-0.3, -0.25) is 4.79 Å². The number of hydrogen-bond acceptors (Lipinski definition) is 7. The predicted molar refractivity (Wildman–Crippen MR) is 176 cm³/mol. The van der Waals surface area contributed by atoms with E-state index in [1.165, 1.54) is 11.2 Å². The molecule has 2 aliphatic rings. The molecule has 8 nitrogen and oxygen atoms in total. The van der Waals surface area contributed by atoms with Gasteiger partial charge in [-0.2, -0.15) is 5.10 Å². The van der Waals surface area contributed by atoms with Crippen molar-refractivity contribution in [2.45, 2.75) is 33.2 Å². The molecule has 9 heteroatoms. The molecule has 4 aromatic rings. The maximum Gasteiger partial charge on any atom is 0.489 e. The smallest absolute Gasteiger partial charge is 0.456 e. The van der Waals surface area contributed by atoms with Crippen LogP contribution >= 0.6 is 0 Å². The van der Waals surface area contributed by atoms with Crippen molar-refractivity contribution in [3.05, 3.63) is 113 Å². The number of nitrogens with zero attached hydrogens (tertiary/aromatic N) is 4. The second-order valence-corrected chi connectivity index (χ2v) is 10.9. The van der Waals surface area contributed by atoms with Crippen molar-refractivity contribution < 1.29 is 19.6 Å². The lowest BCUT2D eigenvalue weighted by molar-refractivity contribution is 0.0675. The van der Waals surface area contributed by atoms with Crippen molar-refractivity contribution in [2.24, 2.45) is 5.10 Å². The summed E-state index contributed by atoms with van der Waals surface area (Å²) in [7, 11) is -1.68. The molecule has 224 valence electrons. The molecule has 0 radical (unpaired) electrons. The molecule has 0 saturated heterocycles. The molecule has 0 fully saturated rings. The molecule has 1 spiro atoms. The van der Waals surface area contributed by atoms with Crippen molar-refractivity contribution in [1.82, 2.24) is 5.01 Å². The van der Waals surface area contributed by atoms with Crippen LogP contribution in [-0.2, 0) is 5.54 Å². The van der Waals surface area contributed by atoms with Crippen LogP contribution in [0.25, 0.3) is 0 Å². The van der Waals surface area contributed by atoms with E-state index in [1.54, 1.807) is 24.3 Å². The highest BCUT2D eigenvalue weighted by Gasteiger charge is 2.57. The van der Waals surface area contributed by atoms with Gasteiger partial charge < -0.3 is 24.6 Å². The average molecular weight is 589 g/mol. The first-order valence-electron chi connectivity index (χ1n) is 15.3. The molecule has 0 aliphatic carbocycles. The zero-order valence-electron chi connectivity index (χ0n) is 25.6. The third-order valence-electron chi connectivity index (χ3n) is 8.83. The second-order valence-electron chi connectivity index (χ2n) is 10.9. The summed E-state index contributed by atoms with van der Waals surface area (Å²) < 4.78 is 6.73. The lowest BCUT2D eigenvalue weighted by atomic mass is 9.75. The van der Waals surface area contributed by atoms with E-state index in [4.69, 9.17) is 9.84 Å². The first-order chi connectivity index (χ1) is 21.4. The Hall–Kier alpha value is -4.60. The van der Waals surface area contributed by atoms with Crippen LogP contribution in [0, 0.1) is 0 Å². The molecule has 0 bridgehead atoms. The fourth-order valence-electron chi connectivity index (χ4n) is 6.63. The molecule has 4 aromatic carbocycles. The monoisotopic (exact) mass is 588 g/mol. The standard InChI is InChI=1S/C35H37BN4O4/c1-5-38(6-2)25-17-19-29-32(21-25)44-33-22-26(39(7-3)8-4)18-20-30(33)35(29)28-15-11-10-14-27(28)34(41)40(35)37-23-24-13-9-12-16-31(24)36(42)43/h9-23,42-43H,5-8H2,1-4H3/b37-23+. The van der Waals surface area contributed by atoms with Gasteiger partial charge in [0.15, 0.2) is 0 Å². The van der Waals surface area contributed by atoms with Gasteiger partial charge in [0.2, 0.25) is 0 Å². The highest BCUT2D eigenvalue weighted by atomic mass is 16.5. The predicted octanol–water partition coefficient (Wildman–Crippen LogP) is 4.95.